The zero-order valence-corrected chi connectivity index (χ0v) is 12.8. The molecule has 0 saturated heterocycles. The van der Waals surface area contributed by atoms with Gasteiger partial charge in [0.05, 0.1) is 6.10 Å². The second kappa shape index (κ2) is 5.29. The molecule has 5 atom stereocenters. The molecule has 3 rings (SSSR count). The highest BCUT2D eigenvalue weighted by molar-refractivity contribution is 5.83. The molecule has 3 aliphatic carbocycles. The standard InChI is InChI=1S/C18H28O2/c1-12(5-10-16(19)13-6-7-13)14-8-9-15-17(20)4-3-11-18(14,15)2/h5,10,12-16,19H,3-4,6-9,11H2,1-2H3/t12-,14?,15+,16-,18-/m1/s1. The lowest BCUT2D eigenvalue weighted by Gasteiger charge is -2.41. The topological polar surface area (TPSA) is 37.3 Å². The molecule has 0 heterocycles. The van der Waals surface area contributed by atoms with Crippen LogP contribution < -0.4 is 0 Å². The average Bonchev–Trinajstić information content (AvgIpc) is 3.18. The van der Waals surface area contributed by atoms with E-state index >= 15 is 0 Å². The van der Waals surface area contributed by atoms with Crippen LogP contribution in [0.15, 0.2) is 12.2 Å². The van der Waals surface area contributed by atoms with E-state index < -0.39 is 0 Å². The van der Waals surface area contributed by atoms with Gasteiger partial charge in [-0.25, -0.2) is 0 Å². The van der Waals surface area contributed by atoms with Crippen LogP contribution in [0.4, 0.5) is 0 Å². The second-order valence-electron chi connectivity index (χ2n) is 7.63. The van der Waals surface area contributed by atoms with Gasteiger partial charge in [-0.15, -0.1) is 0 Å². The predicted octanol–water partition coefficient (Wildman–Crippen LogP) is 3.74. The molecular formula is C18H28O2. The first-order chi connectivity index (χ1) is 9.52. The van der Waals surface area contributed by atoms with Crippen molar-refractivity contribution in [1.82, 2.24) is 0 Å². The smallest absolute Gasteiger partial charge is 0.136 e. The Morgan fingerprint density at radius 1 is 1.25 bits per heavy atom. The van der Waals surface area contributed by atoms with Crippen LogP contribution in [0.5, 0.6) is 0 Å². The molecule has 0 radical (unpaired) electrons. The van der Waals surface area contributed by atoms with Gasteiger partial charge in [0.25, 0.3) is 0 Å². The Bertz CT molecular complexity index is 410. The van der Waals surface area contributed by atoms with Gasteiger partial charge in [0, 0.05) is 12.3 Å². The summed E-state index contributed by atoms with van der Waals surface area (Å²) in [5, 5.41) is 9.98. The number of carbonyl (C=O) groups excluding carboxylic acids is 1. The Morgan fingerprint density at radius 3 is 2.70 bits per heavy atom. The molecule has 0 amide bonds. The highest BCUT2D eigenvalue weighted by Gasteiger charge is 2.51. The largest absolute Gasteiger partial charge is 0.389 e. The van der Waals surface area contributed by atoms with Crippen molar-refractivity contribution in [1.29, 1.82) is 0 Å². The number of rotatable bonds is 4. The Balaban J connectivity index is 1.68. The number of ketones is 1. The summed E-state index contributed by atoms with van der Waals surface area (Å²) in [6, 6.07) is 0. The van der Waals surface area contributed by atoms with Gasteiger partial charge >= 0.3 is 0 Å². The zero-order valence-electron chi connectivity index (χ0n) is 12.8. The number of carbonyl (C=O) groups is 1. The summed E-state index contributed by atoms with van der Waals surface area (Å²) in [6.07, 6.45) is 11.7. The van der Waals surface area contributed by atoms with Crippen LogP contribution in [0.1, 0.15) is 58.8 Å². The van der Waals surface area contributed by atoms with Gasteiger partial charge in [-0.3, -0.25) is 4.79 Å². The number of hydrogen-bond donors (Lipinski definition) is 1. The molecule has 0 aromatic heterocycles. The maximum absolute atomic E-state index is 12.2. The number of fused-ring (bicyclic) bond motifs is 1. The van der Waals surface area contributed by atoms with E-state index in [1.54, 1.807) is 0 Å². The summed E-state index contributed by atoms with van der Waals surface area (Å²) in [4.78, 5) is 12.2. The van der Waals surface area contributed by atoms with E-state index in [0.29, 0.717) is 29.5 Å². The van der Waals surface area contributed by atoms with Gasteiger partial charge in [-0.1, -0.05) is 26.0 Å². The molecule has 112 valence electrons. The van der Waals surface area contributed by atoms with Crippen LogP contribution in [-0.2, 0) is 4.79 Å². The normalized spacial score (nSPS) is 40.9. The highest BCUT2D eigenvalue weighted by atomic mass is 16.3. The molecule has 0 aromatic carbocycles. The fourth-order valence-corrected chi connectivity index (χ4v) is 4.85. The molecule has 3 fully saturated rings. The maximum Gasteiger partial charge on any atom is 0.136 e. The van der Waals surface area contributed by atoms with Gasteiger partial charge in [0.15, 0.2) is 0 Å². The maximum atomic E-state index is 12.2. The number of allylic oxidation sites excluding steroid dienone is 1. The first-order valence-electron chi connectivity index (χ1n) is 8.41. The number of aliphatic hydroxyl groups is 1. The molecule has 1 unspecified atom stereocenters. The van der Waals surface area contributed by atoms with Gasteiger partial charge in [0.2, 0.25) is 0 Å². The summed E-state index contributed by atoms with van der Waals surface area (Å²) < 4.78 is 0. The number of aliphatic hydroxyl groups excluding tert-OH is 1. The van der Waals surface area contributed by atoms with Crippen molar-refractivity contribution in [3.05, 3.63) is 12.2 Å². The third-order valence-electron chi connectivity index (χ3n) is 6.29. The lowest BCUT2D eigenvalue weighted by Crippen LogP contribution is -2.39. The van der Waals surface area contributed by atoms with Crippen LogP contribution in [0.3, 0.4) is 0 Å². The first-order valence-corrected chi connectivity index (χ1v) is 8.41. The van der Waals surface area contributed by atoms with Crippen molar-refractivity contribution in [3.63, 3.8) is 0 Å². The molecule has 3 saturated carbocycles. The Kier molecular flexibility index (Phi) is 3.79. The zero-order chi connectivity index (χ0) is 14.3. The predicted molar refractivity (Wildman–Crippen MR) is 80.2 cm³/mol. The molecule has 0 bridgehead atoms. The first kappa shape index (κ1) is 14.3. The number of hydrogen-bond acceptors (Lipinski definition) is 2. The van der Waals surface area contributed by atoms with Gasteiger partial charge in [0.1, 0.15) is 5.78 Å². The quantitative estimate of drug-likeness (QED) is 0.794. The van der Waals surface area contributed by atoms with Crippen molar-refractivity contribution in [2.24, 2.45) is 29.1 Å². The van der Waals surface area contributed by atoms with Crippen molar-refractivity contribution in [3.8, 4) is 0 Å². The van der Waals surface area contributed by atoms with E-state index in [4.69, 9.17) is 0 Å². The molecule has 0 spiro atoms. The molecule has 3 aliphatic rings. The van der Waals surface area contributed by atoms with Crippen molar-refractivity contribution >= 4 is 5.78 Å². The molecule has 1 N–H and O–H groups in total. The van der Waals surface area contributed by atoms with E-state index in [9.17, 15) is 9.90 Å². The Hall–Kier alpha value is -0.630. The van der Waals surface area contributed by atoms with Crippen LogP contribution in [0.2, 0.25) is 0 Å². The van der Waals surface area contributed by atoms with E-state index in [1.165, 1.54) is 25.7 Å². The van der Waals surface area contributed by atoms with Crippen LogP contribution in [-0.4, -0.2) is 17.0 Å². The lowest BCUT2D eigenvalue weighted by atomic mass is 9.62. The molecule has 0 aromatic rings. The average molecular weight is 276 g/mol. The Morgan fingerprint density at radius 2 is 2.00 bits per heavy atom. The third-order valence-corrected chi connectivity index (χ3v) is 6.29. The third kappa shape index (κ3) is 2.47. The number of Topliss-reactive ketones (excluding diaryl/α,β-unsaturated/α-hetero) is 1. The molecule has 20 heavy (non-hydrogen) atoms. The van der Waals surface area contributed by atoms with Gasteiger partial charge in [-0.2, -0.15) is 0 Å². The molecule has 2 nitrogen and oxygen atoms in total. The van der Waals surface area contributed by atoms with Crippen LogP contribution in [0.25, 0.3) is 0 Å². The molecule has 2 heteroatoms. The summed E-state index contributed by atoms with van der Waals surface area (Å²) in [7, 11) is 0. The summed E-state index contributed by atoms with van der Waals surface area (Å²) in [5.74, 6) is 2.42. The molecular weight excluding hydrogens is 248 g/mol. The van der Waals surface area contributed by atoms with E-state index in [-0.39, 0.29) is 11.5 Å². The Labute approximate surface area is 122 Å². The van der Waals surface area contributed by atoms with Gasteiger partial charge in [-0.05, 0) is 61.7 Å². The minimum atomic E-state index is -0.240. The SMILES string of the molecule is C[C@H](C=C[C@@H](O)C1CC1)C1CC[C@H]2C(=O)CCC[C@]12C. The van der Waals surface area contributed by atoms with Gasteiger partial charge < -0.3 is 5.11 Å². The lowest BCUT2D eigenvalue weighted by molar-refractivity contribution is -0.129. The fraction of sp³-hybridized carbons (Fsp3) is 0.833. The van der Waals surface area contributed by atoms with Crippen LogP contribution in [0, 0.1) is 29.1 Å². The molecule has 0 aliphatic heterocycles. The summed E-state index contributed by atoms with van der Waals surface area (Å²) >= 11 is 0. The van der Waals surface area contributed by atoms with Crippen molar-refractivity contribution < 1.29 is 9.90 Å². The van der Waals surface area contributed by atoms with Crippen molar-refractivity contribution in [2.45, 2.75) is 64.9 Å². The minimum Gasteiger partial charge on any atom is -0.389 e. The van der Waals surface area contributed by atoms with E-state index in [0.717, 1.165) is 19.3 Å². The fourth-order valence-electron chi connectivity index (χ4n) is 4.85. The van der Waals surface area contributed by atoms with E-state index in [2.05, 4.69) is 19.9 Å². The minimum absolute atomic E-state index is 0.212. The highest BCUT2D eigenvalue weighted by Crippen LogP contribution is 2.56. The van der Waals surface area contributed by atoms with Crippen molar-refractivity contribution in [2.75, 3.05) is 0 Å². The van der Waals surface area contributed by atoms with E-state index in [1.807, 2.05) is 6.08 Å². The second-order valence-corrected chi connectivity index (χ2v) is 7.63. The summed E-state index contributed by atoms with van der Waals surface area (Å²) in [5.41, 5.74) is 0.212. The summed E-state index contributed by atoms with van der Waals surface area (Å²) in [6.45, 7) is 4.61. The van der Waals surface area contributed by atoms with Crippen LogP contribution >= 0.6 is 0 Å². The monoisotopic (exact) mass is 276 g/mol.